The van der Waals surface area contributed by atoms with E-state index in [1.54, 1.807) is 7.11 Å². The van der Waals surface area contributed by atoms with Crippen LogP contribution in [0.25, 0.3) is 0 Å². The average Bonchev–Trinajstić information content (AvgIpc) is 2.89. The summed E-state index contributed by atoms with van der Waals surface area (Å²) in [5.74, 6) is 1.65. The zero-order valence-corrected chi connectivity index (χ0v) is 14.4. The van der Waals surface area contributed by atoms with Crippen molar-refractivity contribution in [1.82, 2.24) is 0 Å². The van der Waals surface area contributed by atoms with E-state index >= 15 is 0 Å². The molecule has 1 aromatic rings. The number of ketones is 1. The van der Waals surface area contributed by atoms with Crippen molar-refractivity contribution in [2.75, 3.05) is 27.7 Å². The Labute approximate surface area is 141 Å². The first-order valence-corrected chi connectivity index (χ1v) is 8.78. The van der Waals surface area contributed by atoms with Crippen LogP contribution in [0.3, 0.4) is 0 Å². The molecule has 4 atom stereocenters. The first kappa shape index (κ1) is 14.7. The molecule has 0 radical (unpaired) electrons. The number of rotatable bonds is 1. The van der Waals surface area contributed by atoms with Crippen LogP contribution in [-0.4, -0.2) is 55.8 Å². The molecule has 2 bridgehead atoms. The van der Waals surface area contributed by atoms with E-state index in [0.29, 0.717) is 30.2 Å². The SMILES string of the molecule is COc1ccc2c3c1C[C@H]1[C@]4([O-])CCC(=O)C(O2)[C@@]34CC[N+]1(C)C. The van der Waals surface area contributed by atoms with Crippen LogP contribution in [0, 0.1) is 0 Å². The van der Waals surface area contributed by atoms with Crippen molar-refractivity contribution in [3.63, 3.8) is 0 Å². The number of carbonyl (C=O) groups is 1. The van der Waals surface area contributed by atoms with Crippen molar-refractivity contribution in [2.24, 2.45) is 0 Å². The quantitative estimate of drug-likeness (QED) is 0.707. The second-order valence-corrected chi connectivity index (χ2v) is 8.42. The molecule has 1 aromatic carbocycles. The Kier molecular flexibility index (Phi) is 2.54. The Balaban J connectivity index is 1.87. The second kappa shape index (κ2) is 4.14. The van der Waals surface area contributed by atoms with Gasteiger partial charge >= 0.3 is 0 Å². The second-order valence-electron chi connectivity index (χ2n) is 8.42. The predicted octanol–water partition coefficient (Wildman–Crippen LogP) is 0.561. The van der Waals surface area contributed by atoms with Crippen molar-refractivity contribution in [2.45, 2.75) is 48.8 Å². The number of likely N-dealkylation sites (tertiary alicyclic amines) is 1. The highest BCUT2D eigenvalue weighted by Crippen LogP contribution is 2.64. The minimum atomic E-state index is -1.14. The fourth-order valence-electron chi connectivity index (χ4n) is 6.11. The maximum atomic E-state index is 14.3. The van der Waals surface area contributed by atoms with E-state index in [1.165, 1.54) is 0 Å². The van der Waals surface area contributed by atoms with Gasteiger partial charge in [-0.2, -0.15) is 0 Å². The normalized spacial score (nSPS) is 40.8. The number of likely N-dealkylation sites (N-methyl/N-ethyl adjacent to an activating group) is 1. The molecule has 5 heteroatoms. The fraction of sp³-hybridized carbons (Fsp3) is 0.632. The van der Waals surface area contributed by atoms with E-state index in [-0.39, 0.29) is 11.8 Å². The summed E-state index contributed by atoms with van der Waals surface area (Å²) in [5, 5.41) is 14.3. The van der Waals surface area contributed by atoms with Crippen molar-refractivity contribution in [3.8, 4) is 11.5 Å². The highest BCUT2D eigenvalue weighted by atomic mass is 16.5. The van der Waals surface area contributed by atoms with E-state index in [2.05, 4.69) is 14.1 Å². The van der Waals surface area contributed by atoms with Gasteiger partial charge in [0.2, 0.25) is 0 Å². The minimum Gasteiger partial charge on any atom is -0.844 e. The molecular formula is C19H23NO4. The Morgan fingerprint density at radius 2 is 2.12 bits per heavy atom. The van der Waals surface area contributed by atoms with Gasteiger partial charge < -0.3 is 19.1 Å². The van der Waals surface area contributed by atoms with Gasteiger partial charge in [0.15, 0.2) is 11.9 Å². The number of hydrogen-bond donors (Lipinski definition) is 0. The molecule has 1 saturated carbocycles. The summed E-state index contributed by atoms with van der Waals surface area (Å²) in [4.78, 5) is 12.7. The monoisotopic (exact) mass is 329 g/mol. The van der Waals surface area contributed by atoms with Crippen LogP contribution in [0.15, 0.2) is 12.1 Å². The van der Waals surface area contributed by atoms with Gasteiger partial charge in [0.05, 0.1) is 33.8 Å². The third kappa shape index (κ3) is 1.35. The third-order valence-electron chi connectivity index (χ3n) is 7.24. The van der Waals surface area contributed by atoms with E-state index in [4.69, 9.17) is 9.47 Å². The minimum absolute atomic E-state index is 0.0554. The van der Waals surface area contributed by atoms with Crippen LogP contribution >= 0.6 is 0 Å². The topological polar surface area (TPSA) is 58.6 Å². The van der Waals surface area contributed by atoms with E-state index in [0.717, 1.165) is 29.2 Å². The Bertz CT molecular complexity index is 773. The molecule has 4 aliphatic rings. The van der Waals surface area contributed by atoms with Gasteiger partial charge in [-0.15, -0.1) is 0 Å². The highest BCUT2D eigenvalue weighted by Gasteiger charge is 2.71. The summed E-state index contributed by atoms with van der Waals surface area (Å²) in [7, 11) is 5.98. The summed E-state index contributed by atoms with van der Waals surface area (Å²) < 4.78 is 12.4. The van der Waals surface area contributed by atoms with Crippen molar-refractivity contribution < 1.29 is 23.9 Å². The summed E-state index contributed by atoms with van der Waals surface area (Å²) in [6.07, 6.45) is 1.58. The molecule has 2 heterocycles. The van der Waals surface area contributed by atoms with Crippen LogP contribution in [-0.2, 0) is 16.6 Å². The van der Waals surface area contributed by atoms with Gasteiger partial charge in [-0.25, -0.2) is 0 Å². The van der Waals surface area contributed by atoms with Gasteiger partial charge in [0.25, 0.3) is 0 Å². The van der Waals surface area contributed by atoms with Gasteiger partial charge in [0, 0.05) is 35.8 Å². The maximum Gasteiger partial charge on any atom is 0.174 e. The Morgan fingerprint density at radius 1 is 1.33 bits per heavy atom. The van der Waals surface area contributed by atoms with Crippen molar-refractivity contribution in [3.05, 3.63) is 23.3 Å². The molecule has 2 aliphatic carbocycles. The molecular weight excluding hydrogens is 306 g/mol. The molecule has 0 amide bonds. The molecule has 5 nitrogen and oxygen atoms in total. The highest BCUT2D eigenvalue weighted by molar-refractivity contribution is 5.89. The number of piperidine rings is 1. The fourth-order valence-corrected chi connectivity index (χ4v) is 6.11. The lowest BCUT2D eigenvalue weighted by Crippen LogP contribution is -2.84. The molecule has 2 aliphatic heterocycles. The lowest BCUT2D eigenvalue weighted by atomic mass is 9.48. The van der Waals surface area contributed by atoms with Crippen LogP contribution in [0.2, 0.25) is 0 Å². The molecule has 1 saturated heterocycles. The molecule has 1 unspecified atom stereocenters. The largest absolute Gasteiger partial charge is 0.844 e. The van der Waals surface area contributed by atoms with Gasteiger partial charge in [-0.1, -0.05) is 0 Å². The van der Waals surface area contributed by atoms with Gasteiger partial charge in [-0.3, -0.25) is 4.79 Å². The van der Waals surface area contributed by atoms with Crippen LogP contribution in [0.4, 0.5) is 0 Å². The lowest BCUT2D eigenvalue weighted by Gasteiger charge is -2.70. The number of hydrogen-bond acceptors (Lipinski definition) is 4. The summed E-state index contributed by atoms with van der Waals surface area (Å²) in [5.41, 5.74) is 0.233. The number of Topliss-reactive ketones (excluding diaryl/α,β-unsaturated/α-hetero) is 1. The summed E-state index contributed by atoms with van der Waals surface area (Å²) in [6, 6.07) is 3.74. The standard InChI is InChI=1S/C19H23NO4/c1-20(2)9-8-18-16-11-10-15(20)19(18,22)7-6-12(21)17(18)24-14(16)5-4-13(11)23-3/h4-5,15,17H,6-10H2,1-3H3/t15-,17?,18+,19+/m0/s1. The smallest absolute Gasteiger partial charge is 0.174 e. The number of benzene rings is 1. The van der Waals surface area contributed by atoms with Crippen LogP contribution < -0.4 is 14.6 Å². The number of carbonyl (C=O) groups excluding carboxylic acids is 1. The Morgan fingerprint density at radius 3 is 2.88 bits per heavy atom. The van der Waals surface area contributed by atoms with Crippen LogP contribution in [0.1, 0.15) is 30.4 Å². The predicted molar refractivity (Wildman–Crippen MR) is 85.1 cm³/mol. The van der Waals surface area contributed by atoms with Gasteiger partial charge in [-0.05, 0) is 24.2 Å². The molecule has 5 rings (SSSR count). The summed E-state index contributed by atoms with van der Waals surface area (Å²) >= 11 is 0. The number of quaternary nitrogens is 1. The number of methoxy groups -OCH3 is 1. The molecule has 1 spiro atoms. The zero-order chi connectivity index (χ0) is 16.9. The summed E-state index contributed by atoms with van der Waals surface area (Å²) in [6.45, 7) is 0.901. The van der Waals surface area contributed by atoms with E-state index in [9.17, 15) is 9.90 Å². The first-order valence-electron chi connectivity index (χ1n) is 8.78. The molecule has 0 N–H and O–H groups in total. The number of nitrogens with zero attached hydrogens (tertiary/aromatic N) is 1. The first-order chi connectivity index (χ1) is 11.3. The Hall–Kier alpha value is -1.59. The van der Waals surface area contributed by atoms with Crippen molar-refractivity contribution in [1.29, 1.82) is 0 Å². The van der Waals surface area contributed by atoms with E-state index < -0.39 is 17.1 Å². The number of ether oxygens (including phenoxy) is 2. The molecule has 128 valence electrons. The third-order valence-corrected chi connectivity index (χ3v) is 7.24. The zero-order valence-electron chi connectivity index (χ0n) is 14.4. The average molecular weight is 329 g/mol. The van der Waals surface area contributed by atoms with Crippen molar-refractivity contribution >= 4 is 5.78 Å². The molecule has 0 aromatic heterocycles. The van der Waals surface area contributed by atoms with Gasteiger partial charge in [0.1, 0.15) is 11.5 Å². The van der Waals surface area contributed by atoms with Crippen LogP contribution in [0.5, 0.6) is 11.5 Å². The molecule has 24 heavy (non-hydrogen) atoms. The maximum absolute atomic E-state index is 14.3. The van der Waals surface area contributed by atoms with E-state index in [1.807, 2.05) is 12.1 Å². The lowest BCUT2D eigenvalue weighted by molar-refractivity contribution is -0.942. The molecule has 2 fully saturated rings.